The van der Waals surface area contributed by atoms with Gasteiger partial charge in [0.2, 0.25) is 0 Å². The molecular weight excluding hydrogens is 336 g/mol. The first-order chi connectivity index (χ1) is 9.70. The second-order valence-electron chi connectivity index (χ2n) is 5.12. The molecule has 1 saturated carbocycles. The summed E-state index contributed by atoms with van der Waals surface area (Å²) in [7, 11) is 0. The summed E-state index contributed by atoms with van der Waals surface area (Å²) < 4.78 is 0.788. The van der Waals surface area contributed by atoms with Gasteiger partial charge in [0.25, 0.3) is 0 Å². The Kier molecular flexibility index (Phi) is 4.12. The zero-order valence-corrected chi connectivity index (χ0v) is 13.2. The summed E-state index contributed by atoms with van der Waals surface area (Å²) in [6, 6.07) is 6.12. The van der Waals surface area contributed by atoms with Gasteiger partial charge in [-0.2, -0.15) is 5.10 Å². The van der Waals surface area contributed by atoms with E-state index >= 15 is 0 Å². The fraction of sp³-hybridized carbons (Fsp3) is 0.357. The van der Waals surface area contributed by atoms with Gasteiger partial charge in [-0.15, -0.1) is 0 Å². The summed E-state index contributed by atoms with van der Waals surface area (Å²) in [6.45, 7) is 0. The molecule has 0 amide bonds. The minimum Gasteiger partial charge on any atom is -0.358 e. The Hall–Kier alpha value is -1.27. The van der Waals surface area contributed by atoms with Crippen LogP contribution in [0.25, 0.3) is 0 Å². The van der Waals surface area contributed by atoms with Crippen molar-refractivity contribution >= 4 is 39.5 Å². The molecule has 0 saturated heterocycles. The first-order valence-corrected chi connectivity index (χ1v) is 7.81. The van der Waals surface area contributed by atoms with Gasteiger partial charge in [-0.05, 0) is 65.0 Å². The molecule has 1 fully saturated rings. The van der Waals surface area contributed by atoms with E-state index in [0.29, 0.717) is 17.1 Å². The molecule has 104 valence electrons. The van der Waals surface area contributed by atoms with E-state index in [1.54, 1.807) is 6.21 Å². The third kappa shape index (κ3) is 3.24. The molecule has 6 heteroatoms. The number of pyridine rings is 1. The highest BCUT2D eigenvalue weighted by Gasteiger charge is 2.35. The Labute approximate surface area is 131 Å². The van der Waals surface area contributed by atoms with Crippen molar-refractivity contribution in [2.24, 2.45) is 16.9 Å². The average molecular weight is 351 g/mol. The van der Waals surface area contributed by atoms with Crippen LogP contribution < -0.4 is 10.7 Å². The molecule has 2 bridgehead atoms. The van der Waals surface area contributed by atoms with Gasteiger partial charge in [-0.3, -0.25) is 5.43 Å². The van der Waals surface area contributed by atoms with Crippen LogP contribution in [-0.2, 0) is 0 Å². The Balaban J connectivity index is 1.49. The number of hydrazone groups is 1. The van der Waals surface area contributed by atoms with Crippen molar-refractivity contribution in [3.8, 4) is 0 Å². The number of nitrogens with one attached hydrogen (secondary N) is 2. The lowest BCUT2D eigenvalue weighted by atomic mass is 10.0. The van der Waals surface area contributed by atoms with Crippen LogP contribution >= 0.6 is 28.1 Å². The van der Waals surface area contributed by atoms with Gasteiger partial charge >= 0.3 is 0 Å². The zero-order valence-electron chi connectivity index (χ0n) is 10.8. The highest BCUT2D eigenvalue weighted by atomic mass is 79.9. The second-order valence-corrected chi connectivity index (χ2v) is 6.34. The molecule has 1 heterocycles. The second kappa shape index (κ2) is 6.01. The lowest BCUT2D eigenvalue weighted by Gasteiger charge is -2.20. The van der Waals surface area contributed by atoms with Crippen molar-refractivity contribution in [1.82, 2.24) is 15.7 Å². The summed E-state index contributed by atoms with van der Waals surface area (Å²) in [6.07, 6.45) is 8.68. The van der Waals surface area contributed by atoms with E-state index in [9.17, 15) is 0 Å². The lowest BCUT2D eigenvalue weighted by molar-refractivity contribution is 0.521. The molecular formula is C14H15BrN4S. The van der Waals surface area contributed by atoms with Crippen LogP contribution in [0.3, 0.4) is 0 Å². The molecule has 4 nitrogen and oxygen atoms in total. The van der Waals surface area contributed by atoms with Crippen molar-refractivity contribution in [1.29, 1.82) is 0 Å². The molecule has 20 heavy (non-hydrogen) atoms. The Morgan fingerprint density at radius 3 is 3.00 bits per heavy atom. The summed E-state index contributed by atoms with van der Waals surface area (Å²) in [4.78, 5) is 4.26. The fourth-order valence-electron chi connectivity index (χ4n) is 2.80. The Bertz CT molecular complexity index is 572. The van der Waals surface area contributed by atoms with Crippen LogP contribution in [0.5, 0.6) is 0 Å². The van der Waals surface area contributed by atoms with Gasteiger partial charge in [0.05, 0.1) is 11.9 Å². The van der Waals surface area contributed by atoms with Crippen LogP contribution in [0.2, 0.25) is 0 Å². The van der Waals surface area contributed by atoms with Crippen molar-refractivity contribution in [2.45, 2.75) is 18.9 Å². The molecule has 2 N–H and O–H groups in total. The molecule has 0 aliphatic heterocycles. The topological polar surface area (TPSA) is 49.3 Å². The summed E-state index contributed by atoms with van der Waals surface area (Å²) >= 11 is 8.58. The molecule has 1 aromatic heterocycles. The molecule has 3 rings (SSSR count). The maximum absolute atomic E-state index is 5.26. The minimum absolute atomic E-state index is 0.448. The zero-order chi connectivity index (χ0) is 13.9. The number of aromatic nitrogens is 1. The van der Waals surface area contributed by atoms with E-state index in [4.69, 9.17) is 12.2 Å². The molecule has 0 spiro atoms. The van der Waals surface area contributed by atoms with E-state index < -0.39 is 0 Å². The van der Waals surface area contributed by atoms with Crippen LogP contribution in [0.15, 0.2) is 40.1 Å². The normalized spacial score (nSPS) is 27.1. The number of fused-ring (bicyclic) bond motifs is 2. The molecule has 0 radical (unpaired) electrons. The van der Waals surface area contributed by atoms with Gasteiger partial charge in [0.1, 0.15) is 4.60 Å². The largest absolute Gasteiger partial charge is 0.358 e. The predicted molar refractivity (Wildman–Crippen MR) is 87.5 cm³/mol. The third-order valence-corrected chi connectivity index (χ3v) is 4.35. The van der Waals surface area contributed by atoms with Gasteiger partial charge in [-0.1, -0.05) is 18.2 Å². The van der Waals surface area contributed by atoms with E-state index in [-0.39, 0.29) is 0 Å². The molecule has 3 unspecified atom stereocenters. The first-order valence-electron chi connectivity index (χ1n) is 6.61. The Morgan fingerprint density at radius 2 is 2.30 bits per heavy atom. The van der Waals surface area contributed by atoms with Crippen LogP contribution in [0.1, 0.15) is 18.5 Å². The summed E-state index contributed by atoms with van der Waals surface area (Å²) in [5.41, 5.74) is 3.62. The first kappa shape index (κ1) is 13.7. The minimum atomic E-state index is 0.448. The van der Waals surface area contributed by atoms with Gasteiger partial charge < -0.3 is 5.32 Å². The van der Waals surface area contributed by atoms with E-state index in [2.05, 4.69) is 48.9 Å². The SMILES string of the molecule is S=C(N/N=C\c1cccc(Br)n1)NC1CC2C=CC1C2. The summed E-state index contributed by atoms with van der Waals surface area (Å²) in [5, 5.41) is 8.01. The highest BCUT2D eigenvalue weighted by Crippen LogP contribution is 2.38. The van der Waals surface area contributed by atoms with Crippen molar-refractivity contribution in [3.63, 3.8) is 0 Å². The van der Waals surface area contributed by atoms with Crippen LogP contribution in [-0.4, -0.2) is 22.4 Å². The molecule has 3 atom stereocenters. The monoisotopic (exact) mass is 350 g/mol. The van der Waals surface area contributed by atoms with Gasteiger partial charge in [-0.25, -0.2) is 4.98 Å². The fourth-order valence-corrected chi connectivity index (χ4v) is 3.36. The molecule has 2 aliphatic carbocycles. The van der Waals surface area contributed by atoms with Crippen molar-refractivity contribution in [3.05, 3.63) is 40.6 Å². The van der Waals surface area contributed by atoms with E-state index in [1.807, 2.05) is 18.2 Å². The van der Waals surface area contributed by atoms with Gasteiger partial charge in [0, 0.05) is 6.04 Å². The smallest absolute Gasteiger partial charge is 0.187 e. The average Bonchev–Trinajstić information content (AvgIpc) is 3.01. The standard InChI is InChI=1S/C14H15BrN4S/c15-13-3-1-2-11(17-13)8-16-19-14(20)18-12-7-9-4-5-10(12)6-9/h1-5,8-10,12H,6-7H2,(H2,18,19,20)/b16-8-. The third-order valence-electron chi connectivity index (χ3n) is 3.69. The predicted octanol–water partition coefficient (Wildman–Crippen LogP) is 2.61. The maximum atomic E-state index is 5.26. The number of hydrogen-bond acceptors (Lipinski definition) is 3. The summed E-state index contributed by atoms with van der Waals surface area (Å²) in [5.74, 6) is 1.35. The molecule has 2 aliphatic rings. The van der Waals surface area contributed by atoms with Crippen LogP contribution in [0.4, 0.5) is 0 Å². The Morgan fingerprint density at radius 1 is 1.40 bits per heavy atom. The maximum Gasteiger partial charge on any atom is 0.187 e. The van der Waals surface area contributed by atoms with E-state index in [0.717, 1.165) is 16.2 Å². The molecule has 1 aromatic rings. The number of hydrogen-bond donors (Lipinski definition) is 2. The quantitative estimate of drug-likeness (QED) is 0.289. The number of rotatable bonds is 3. The number of halogens is 1. The number of nitrogens with zero attached hydrogens (tertiary/aromatic N) is 2. The molecule has 0 aromatic carbocycles. The highest BCUT2D eigenvalue weighted by molar-refractivity contribution is 9.10. The number of allylic oxidation sites excluding steroid dienone is 1. The van der Waals surface area contributed by atoms with E-state index in [1.165, 1.54) is 12.8 Å². The van der Waals surface area contributed by atoms with Crippen molar-refractivity contribution < 1.29 is 0 Å². The number of thiocarbonyl (C=S) groups is 1. The van der Waals surface area contributed by atoms with Gasteiger partial charge in [0.15, 0.2) is 5.11 Å². The van der Waals surface area contributed by atoms with Crippen molar-refractivity contribution in [2.75, 3.05) is 0 Å². The lowest BCUT2D eigenvalue weighted by Crippen LogP contribution is -2.42. The van der Waals surface area contributed by atoms with Crippen LogP contribution in [0, 0.1) is 11.8 Å².